The standard InChI is InChI=1S/C14H12N2S.C12H16O2.C2H6/c1-15-11-6-4-5-10(9-11)14-16-12-7-2-3-8-13(12)17-14;1-4-9(2)12-7-11(14-3)6-5-10(12)8-13;1-2/h2-9,15H,1H3;5-9H,4H2,1-3H3;1-2H3. The lowest BCUT2D eigenvalue weighted by molar-refractivity contribution is 0.112. The quantitative estimate of drug-likeness (QED) is 0.294. The first-order valence-electron chi connectivity index (χ1n) is 11.4. The Labute approximate surface area is 201 Å². The monoisotopic (exact) mass is 462 g/mol. The highest BCUT2D eigenvalue weighted by atomic mass is 32.1. The van der Waals surface area contributed by atoms with E-state index in [0.29, 0.717) is 5.92 Å². The van der Waals surface area contributed by atoms with Crippen molar-refractivity contribution >= 4 is 33.5 Å². The normalized spacial score (nSPS) is 10.8. The van der Waals surface area contributed by atoms with Crippen LogP contribution >= 0.6 is 11.3 Å². The molecule has 0 fully saturated rings. The van der Waals surface area contributed by atoms with Gasteiger partial charge in [0.1, 0.15) is 17.0 Å². The SMILES string of the molecule is CC.CCC(C)c1cc(OC)ccc1C=O.CNc1cccc(-c2nc3ccccc3s2)c1. The number of nitrogens with zero attached hydrogens (tertiary/aromatic N) is 1. The first-order chi connectivity index (χ1) is 16.1. The van der Waals surface area contributed by atoms with Crippen molar-refractivity contribution in [3.63, 3.8) is 0 Å². The van der Waals surface area contributed by atoms with Gasteiger partial charge in [0.05, 0.1) is 17.3 Å². The molecule has 4 aromatic rings. The Kier molecular flexibility index (Phi) is 10.6. The van der Waals surface area contributed by atoms with Crippen molar-refractivity contribution in [2.24, 2.45) is 0 Å². The maximum Gasteiger partial charge on any atom is 0.150 e. The van der Waals surface area contributed by atoms with Crippen molar-refractivity contribution in [3.05, 3.63) is 77.9 Å². The Morgan fingerprint density at radius 1 is 1.06 bits per heavy atom. The van der Waals surface area contributed by atoms with E-state index in [-0.39, 0.29) is 0 Å². The third kappa shape index (κ3) is 6.90. The van der Waals surface area contributed by atoms with Gasteiger partial charge in [0, 0.05) is 23.9 Å². The van der Waals surface area contributed by atoms with Crippen molar-refractivity contribution < 1.29 is 9.53 Å². The number of nitrogens with one attached hydrogen (secondary N) is 1. The molecule has 0 saturated carbocycles. The van der Waals surface area contributed by atoms with Gasteiger partial charge < -0.3 is 10.1 Å². The minimum Gasteiger partial charge on any atom is -0.497 e. The van der Waals surface area contributed by atoms with Gasteiger partial charge in [0.25, 0.3) is 0 Å². The van der Waals surface area contributed by atoms with Crippen LogP contribution in [0.1, 0.15) is 56.0 Å². The van der Waals surface area contributed by atoms with Crippen LogP contribution in [0.4, 0.5) is 5.69 Å². The van der Waals surface area contributed by atoms with E-state index in [2.05, 4.69) is 54.5 Å². The molecule has 3 aromatic carbocycles. The molecule has 174 valence electrons. The number of aromatic nitrogens is 1. The molecule has 0 spiro atoms. The highest BCUT2D eigenvalue weighted by Gasteiger charge is 2.09. The van der Waals surface area contributed by atoms with Gasteiger partial charge in [0.15, 0.2) is 0 Å². The molecule has 0 amide bonds. The number of aldehydes is 1. The number of fused-ring (bicyclic) bond motifs is 1. The van der Waals surface area contributed by atoms with Crippen molar-refractivity contribution in [2.45, 2.75) is 40.0 Å². The number of benzene rings is 3. The number of anilines is 1. The minimum atomic E-state index is 0.394. The molecule has 5 heteroatoms. The van der Waals surface area contributed by atoms with Gasteiger partial charge in [-0.05, 0) is 60.4 Å². The van der Waals surface area contributed by atoms with Crippen molar-refractivity contribution in [2.75, 3.05) is 19.5 Å². The lowest BCUT2D eigenvalue weighted by Gasteiger charge is -2.12. The number of methoxy groups -OCH3 is 1. The molecule has 0 bridgehead atoms. The van der Waals surface area contributed by atoms with Gasteiger partial charge in [-0.25, -0.2) is 4.98 Å². The maximum absolute atomic E-state index is 10.8. The zero-order valence-electron chi connectivity index (χ0n) is 20.4. The van der Waals surface area contributed by atoms with Crippen LogP contribution in [0.15, 0.2) is 66.7 Å². The average Bonchev–Trinajstić information content (AvgIpc) is 3.34. The molecule has 1 unspecified atom stereocenters. The predicted molar refractivity (Wildman–Crippen MR) is 143 cm³/mol. The van der Waals surface area contributed by atoms with Gasteiger partial charge in [-0.1, -0.05) is 52.0 Å². The molecule has 1 N–H and O–H groups in total. The lowest BCUT2D eigenvalue weighted by Crippen LogP contribution is -1.98. The van der Waals surface area contributed by atoms with E-state index >= 15 is 0 Å². The summed E-state index contributed by atoms with van der Waals surface area (Å²) < 4.78 is 6.37. The van der Waals surface area contributed by atoms with Crippen LogP contribution in [-0.4, -0.2) is 25.4 Å². The van der Waals surface area contributed by atoms with Crippen LogP contribution < -0.4 is 10.1 Å². The zero-order valence-corrected chi connectivity index (χ0v) is 21.2. The largest absolute Gasteiger partial charge is 0.497 e. The summed E-state index contributed by atoms with van der Waals surface area (Å²) in [5, 5.41) is 4.22. The molecule has 1 atom stereocenters. The third-order valence-corrected chi connectivity index (χ3v) is 6.34. The fourth-order valence-electron chi connectivity index (χ4n) is 3.24. The number of carbonyl (C=O) groups is 1. The number of hydrogen-bond acceptors (Lipinski definition) is 5. The number of carbonyl (C=O) groups excluding carboxylic acids is 1. The van der Waals surface area contributed by atoms with Crippen LogP contribution in [0.3, 0.4) is 0 Å². The second-order valence-corrected chi connectivity index (χ2v) is 8.27. The Bertz CT molecular complexity index is 1120. The third-order valence-electron chi connectivity index (χ3n) is 5.26. The first kappa shape index (κ1) is 26.1. The number of thiazole rings is 1. The molecule has 0 radical (unpaired) electrons. The molecule has 1 heterocycles. The number of ether oxygens (including phenoxy) is 1. The van der Waals surface area contributed by atoms with Crippen molar-refractivity contribution in [3.8, 4) is 16.3 Å². The number of rotatable bonds is 6. The van der Waals surface area contributed by atoms with E-state index in [0.717, 1.165) is 51.4 Å². The van der Waals surface area contributed by atoms with E-state index in [1.807, 2.05) is 57.3 Å². The molecular weight excluding hydrogens is 428 g/mol. The summed E-state index contributed by atoms with van der Waals surface area (Å²) in [5.41, 5.74) is 5.18. The van der Waals surface area contributed by atoms with Crippen molar-refractivity contribution in [1.29, 1.82) is 0 Å². The number of hydrogen-bond donors (Lipinski definition) is 1. The van der Waals surface area contributed by atoms with Crippen LogP contribution in [-0.2, 0) is 0 Å². The summed E-state index contributed by atoms with van der Waals surface area (Å²) in [5.74, 6) is 1.20. The van der Waals surface area contributed by atoms with Gasteiger partial charge in [-0.2, -0.15) is 0 Å². The molecule has 1 aromatic heterocycles. The molecule has 0 saturated heterocycles. The second-order valence-electron chi connectivity index (χ2n) is 7.24. The maximum atomic E-state index is 10.8. The predicted octanol–water partition coefficient (Wildman–Crippen LogP) is 8.05. The van der Waals surface area contributed by atoms with Crippen LogP contribution in [0.2, 0.25) is 0 Å². The second kappa shape index (κ2) is 13.4. The summed E-state index contributed by atoms with van der Waals surface area (Å²) in [7, 11) is 3.56. The molecule has 33 heavy (non-hydrogen) atoms. The molecule has 4 rings (SSSR count). The van der Waals surface area contributed by atoms with E-state index in [4.69, 9.17) is 4.74 Å². The van der Waals surface area contributed by atoms with Crippen LogP contribution in [0.5, 0.6) is 5.75 Å². The van der Waals surface area contributed by atoms with Crippen LogP contribution in [0.25, 0.3) is 20.8 Å². The smallest absolute Gasteiger partial charge is 0.150 e. The summed E-state index contributed by atoms with van der Waals surface area (Å²) >= 11 is 1.73. The molecule has 0 aliphatic rings. The van der Waals surface area contributed by atoms with Crippen LogP contribution in [0, 0.1) is 0 Å². The van der Waals surface area contributed by atoms with Gasteiger partial charge in [0.2, 0.25) is 0 Å². The van der Waals surface area contributed by atoms with E-state index < -0.39 is 0 Å². The summed E-state index contributed by atoms with van der Waals surface area (Å²) in [6.07, 6.45) is 1.93. The highest BCUT2D eigenvalue weighted by molar-refractivity contribution is 7.21. The Balaban J connectivity index is 0.000000222. The summed E-state index contributed by atoms with van der Waals surface area (Å²) in [6.45, 7) is 8.22. The Morgan fingerprint density at radius 3 is 2.45 bits per heavy atom. The highest BCUT2D eigenvalue weighted by Crippen LogP contribution is 2.31. The minimum absolute atomic E-state index is 0.394. The number of para-hydroxylation sites is 1. The van der Waals surface area contributed by atoms with Crippen molar-refractivity contribution in [1.82, 2.24) is 4.98 Å². The summed E-state index contributed by atoms with van der Waals surface area (Å²) in [4.78, 5) is 15.5. The summed E-state index contributed by atoms with van der Waals surface area (Å²) in [6, 6.07) is 22.1. The fourth-order valence-corrected chi connectivity index (χ4v) is 4.20. The topological polar surface area (TPSA) is 51.2 Å². The molecule has 0 aliphatic carbocycles. The van der Waals surface area contributed by atoms with E-state index in [1.165, 1.54) is 4.70 Å². The van der Waals surface area contributed by atoms with Gasteiger partial charge in [-0.3, -0.25) is 4.79 Å². The Morgan fingerprint density at radius 2 is 1.82 bits per heavy atom. The molecule has 4 nitrogen and oxygen atoms in total. The molecule has 0 aliphatic heterocycles. The average molecular weight is 463 g/mol. The Hall–Kier alpha value is -3.18. The zero-order chi connectivity index (χ0) is 24.2. The van der Waals surface area contributed by atoms with E-state index in [9.17, 15) is 4.79 Å². The first-order valence-corrected chi connectivity index (χ1v) is 12.2. The fraction of sp³-hybridized carbons (Fsp3) is 0.286. The van der Waals surface area contributed by atoms with Gasteiger partial charge in [-0.15, -0.1) is 11.3 Å². The molecular formula is C28H34N2O2S. The van der Waals surface area contributed by atoms with E-state index in [1.54, 1.807) is 18.4 Å². The lowest BCUT2D eigenvalue weighted by atomic mass is 9.94. The van der Waals surface area contributed by atoms with Gasteiger partial charge >= 0.3 is 0 Å².